The van der Waals surface area contributed by atoms with Gasteiger partial charge in [0, 0.05) is 21.8 Å². The third kappa shape index (κ3) is 3.41. The van der Waals surface area contributed by atoms with Crippen molar-refractivity contribution in [2.45, 2.75) is 11.1 Å². The number of benzene rings is 2. The van der Waals surface area contributed by atoms with Crippen LogP contribution >= 0.6 is 11.8 Å². The number of halogens is 3. The number of alkyl halides is 3. The van der Waals surface area contributed by atoms with Crippen LogP contribution in [0, 0.1) is 11.3 Å². The fourth-order valence-electron chi connectivity index (χ4n) is 2.52. The first kappa shape index (κ1) is 16.5. The SMILES string of the molecule is N#Cc1ccccc1C1=C(OCC(F)(F)F)c2ccccc2SC1. The van der Waals surface area contributed by atoms with Crippen molar-refractivity contribution in [3.63, 3.8) is 0 Å². The molecule has 0 saturated carbocycles. The van der Waals surface area contributed by atoms with E-state index in [2.05, 4.69) is 6.07 Å². The van der Waals surface area contributed by atoms with Crippen molar-refractivity contribution in [1.29, 1.82) is 5.26 Å². The van der Waals surface area contributed by atoms with Gasteiger partial charge >= 0.3 is 6.18 Å². The summed E-state index contributed by atoms with van der Waals surface area (Å²) in [6.45, 7) is -1.36. The molecule has 0 aliphatic carbocycles. The summed E-state index contributed by atoms with van der Waals surface area (Å²) in [5, 5.41) is 9.29. The average molecular weight is 347 g/mol. The molecule has 0 saturated heterocycles. The smallest absolute Gasteiger partial charge is 0.422 e. The van der Waals surface area contributed by atoms with Crippen molar-refractivity contribution in [3.8, 4) is 6.07 Å². The van der Waals surface area contributed by atoms with E-state index in [1.807, 2.05) is 12.1 Å². The molecule has 2 aromatic carbocycles. The molecule has 3 rings (SSSR count). The summed E-state index contributed by atoms with van der Waals surface area (Å²) >= 11 is 1.52. The van der Waals surface area contributed by atoms with Crippen molar-refractivity contribution in [1.82, 2.24) is 0 Å². The Balaban J connectivity index is 2.14. The summed E-state index contributed by atoms with van der Waals surface area (Å²) in [6, 6.07) is 16.1. The standard InChI is InChI=1S/C18H12F3NOS/c19-18(20,21)11-23-17-14-7-3-4-8-16(14)24-10-15(17)13-6-2-1-5-12(13)9-22/h1-8H,10-11H2. The van der Waals surface area contributed by atoms with Crippen LogP contribution in [0.3, 0.4) is 0 Å². The maximum absolute atomic E-state index is 12.7. The number of nitrogens with zero attached hydrogens (tertiary/aromatic N) is 1. The Morgan fingerprint density at radius 3 is 2.42 bits per heavy atom. The Morgan fingerprint density at radius 1 is 1.04 bits per heavy atom. The number of fused-ring (bicyclic) bond motifs is 1. The van der Waals surface area contributed by atoms with Gasteiger partial charge in [-0.3, -0.25) is 0 Å². The summed E-state index contributed by atoms with van der Waals surface area (Å²) in [4.78, 5) is 0.868. The molecular formula is C18H12F3NOS. The summed E-state index contributed by atoms with van der Waals surface area (Å²) in [5.41, 5.74) is 2.26. The van der Waals surface area contributed by atoms with Crippen LogP contribution in [0.25, 0.3) is 11.3 Å². The molecule has 0 amide bonds. The predicted molar refractivity (Wildman–Crippen MR) is 87.1 cm³/mol. The van der Waals surface area contributed by atoms with E-state index in [-0.39, 0.29) is 5.76 Å². The zero-order chi connectivity index (χ0) is 17.2. The number of hydrogen-bond acceptors (Lipinski definition) is 3. The van der Waals surface area contributed by atoms with Crippen molar-refractivity contribution < 1.29 is 17.9 Å². The first-order valence-electron chi connectivity index (χ1n) is 7.14. The topological polar surface area (TPSA) is 33.0 Å². The van der Waals surface area contributed by atoms with Crippen LogP contribution in [0.1, 0.15) is 16.7 Å². The van der Waals surface area contributed by atoms with E-state index in [0.717, 1.165) is 4.90 Å². The molecule has 0 aromatic heterocycles. The second kappa shape index (κ2) is 6.62. The Labute approximate surface area is 141 Å². The molecular weight excluding hydrogens is 335 g/mol. The molecule has 6 heteroatoms. The van der Waals surface area contributed by atoms with Gasteiger partial charge in [-0.05, 0) is 17.7 Å². The molecule has 0 N–H and O–H groups in total. The highest BCUT2D eigenvalue weighted by atomic mass is 32.2. The third-order valence-electron chi connectivity index (χ3n) is 3.53. The molecule has 2 nitrogen and oxygen atoms in total. The molecule has 0 bridgehead atoms. The molecule has 122 valence electrons. The monoisotopic (exact) mass is 347 g/mol. The normalized spacial score (nSPS) is 14.1. The number of nitriles is 1. The summed E-state index contributed by atoms with van der Waals surface area (Å²) in [5.74, 6) is 0.646. The Morgan fingerprint density at radius 2 is 1.71 bits per heavy atom. The highest BCUT2D eigenvalue weighted by Crippen LogP contribution is 2.42. The van der Waals surface area contributed by atoms with E-state index < -0.39 is 12.8 Å². The Kier molecular flexibility index (Phi) is 4.54. The van der Waals surface area contributed by atoms with E-state index in [1.165, 1.54) is 11.8 Å². The van der Waals surface area contributed by atoms with Crippen molar-refractivity contribution >= 4 is 23.1 Å². The maximum atomic E-state index is 12.7. The van der Waals surface area contributed by atoms with Gasteiger partial charge in [-0.25, -0.2) is 0 Å². The largest absolute Gasteiger partial charge is 0.483 e. The van der Waals surface area contributed by atoms with E-state index in [4.69, 9.17) is 4.74 Å². The molecule has 2 aromatic rings. The molecule has 0 fully saturated rings. The first-order chi connectivity index (χ1) is 11.5. The lowest BCUT2D eigenvalue weighted by Gasteiger charge is -2.24. The molecule has 0 atom stereocenters. The number of thioether (sulfide) groups is 1. The highest BCUT2D eigenvalue weighted by Gasteiger charge is 2.31. The van der Waals surface area contributed by atoms with Crippen LogP contribution in [0.2, 0.25) is 0 Å². The Hall–Kier alpha value is -2.39. The van der Waals surface area contributed by atoms with Crippen LogP contribution in [0.15, 0.2) is 53.4 Å². The lowest BCUT2D eigenvalue weighted by molar-refractivity contribution is -0.158. The quantitative estimate of drug-likeness (QED) is 0.773. The number of ether oxygens (including phenoxy) is 1. The van der Waals surface area contributed by atoms with E-state index in [0.29, 0.717) is 28.0 Å². The maximum Gasteiger partial charge on any atom is 0.422 e. The number of hydrogen-bond donors (Lipinski definition) is 0. The van der Waals surface area contributed by atoms with Crippen LogP contribution in [-0.4, -0.2) is 18.5 Å². The third-order valence-corrected chi connectivity index (χ3v) is 4.63. The van der Waals surface area contributed by atoms with Crippen molar-refractivity contribution in [2.75, 3.05) is 12.4 Å². The molecule has 1 aliphatic heterocycles. The van der Waals surface area contributed by atoms with Gasteiger partial charge in [-0.15, -0.1) is 11.8 Å². The summed E-state index contributed by atoms with van der Waals surface area (Å²) in [7, 11) is 0. The molecule has 0 spiro atoms. The zero-order valence-electron chi connectivity index (χ0n) is 12.4. The second-order valence-electron chi connectivity index (χ2n) is 5.15. The number of rotatable bonds is 3. The fraction of sp³-hybridized carbons (Fsp3) is 0.167. The lowest BCUT2D eigenvalue weighted by atomic mass is 9.97. The van der Waals surface area contributed by atoms with Gasteiger partial charge < -0.3 is 4.74 Å². The van der Waals surface area contributed by atoms with Crippen molar-refractivity contribution in [2.24, 2.45) is 0 Å². The molecule has 0 radical (unpaired) electrons. The molecule has 0 unspecified atom stereocenters. The van der Waals surface area contributed by atoms with E-state index in [1.54, 1.807) is 36.4 Å². The van der Waals surface area contributed by atoms with Gasteiger partial charge in [0.25, 0.3) is 0 Å². The minimum Gasteiger partial charge on any atom is -0.483 e. The molecule has 1 heterocycles. The minimum absolute atomic E-state index is 0.198. The molecule has 24 heavy (non-hydrogen) atoms. The van der Waals surface area contributed by atoms with Crippen LogP contribution in [0.5, 0.6) is 0 Å². The second-order valence-corrected chi connectivity index (χ2v) is 6.17. The lowest BCUT2D eigenvalue weighted by Crippen LogP contribution is -2.18. The first-order valence-corrected chi connectivity index (χ1v) is 8.12. The zero-order valence-corrected chi connectivity index (χ0v) is 13.2. The van der Waals surface area contributed by atoms with Gasteiger partial charge in [0.2, 0.25) is 0 Å². The van der Waals surface area contributed by atoms with Gasteiger partial charge in [-0.2, -0.15) is 18.4 Å². The fourth-order valence-corrected chi connectivity index (χ4v) is 3.60. The summed E-state index contributed by atoms with van der Waals surface area (Å²) in [6.07, 6.45) is -4.42. The predicted octanol–water partition coefficient (Wildman–Crippen LogP) is 5.11. The average Bonchev–Trinajstić information content (AvgIpc) is 2.58. The van der Waals surface area contributed by atoms with Crippen LogP contribution in [-0.2, 0) is 4.74 Å². The van der Waals surface area contributed by atoms with Gasteiger partial charge in [-0.1, -0.05) is 36.4 Å². The van der Waals surface area contributed by atoms with Crippen LogP contribution < -0.4 is 0 Å². The highest BCUT2D eigenvalue weighted by molar-refractivity contribution is 7.99. The summed E-state index contributed by atoms with van der Waals surface area (Å²) < 4.78 is 43.1. The molecule has 1 aliphatic rings. The van der Waals surface area contributed by atoms with Crippen molar-refractivity contribution in [3.05, 3.63) is 65.2 Å². The van der Waals surface area contributed by atoms with Gasteiger partial charge in [0.15, 0.2) is 6.61 Å². The van der Waals surface area contributed by atoms with Gasteiger partial charge in [0.1, 0.15) is 5.76 Å². The van der Waals surface area contributed by atoms with Gasteiger partial charge in [0.05, 0.1) is 11.6 Å². The Bertz CT molecular complexity index is 837. The van der Waals surface area contributed by atoms with E-state index in [9.17, 15) is 18.4 Å². The van der Waals surface area contributed by atoms with Crippen LogP contribution in [0.4, 0.5) is 13.2 Å². The minimum atomic E-state index is -4.42. The van der Waals surface area contributed by atoms with E-state index >= 15 is 0 Å².